The van der Waals surface area contributed by atoms with Crippen molar-refractivity contribution in [2.75, 3.05) is 45.2 Å². The number of nitrogens with zero attached hydrogens (tertiary/aromatic N) is 6. The highest BCUT2D eigenvalue weighted by Crippen LogP contribution is 2.49. The molecule has 7 heterocycles. The van der Waals surface area contributed by atoms with Gasteiger partial charge in [0.1, 0.15) is 48.4 Å². The number of nitrogens with one attached hydrogen (secondary N) is 1. The Morgan fingerprint density at radius 1 is 1.06 bits per heavy atom. The van der Waals surface area contributed by atoms with Crippen LogP contribution in [0.5, 0.6) is 0 Å². The van der Waals surface area contributed by atoms with Gasteiger partial charge in [0, 0.05) is 27.7 Å². The molecule has 0 aromatic carbocycles. The van der Waals surface area contributed by atoms with Crippen LogP contribution in [0.4, 0.5) is 5.95 Å². The van der Waals surface area contributed by atoms with E-state index >= 15 is 0 Å². The first-order chi connectivity index (χ1) is 24.3. The summed E-state index contributed by atoms with van der Waals surface area (Å²) in [5, 5.41) is -0.293. The summed E-state index contributed by atoms with van der Waals surface area (Å²) in [6, 6.07) is 0. The summed E-state index contributed by atoms with van der Waals surface area (Å²) in [6.07, 6.45) is -1.38. The largest absolute Gasteiger partial charge is 0.369 e. The van der Waals surface area contributed by atoms with Gasteiger partial charge in [0.25, 0.3) is 5.56 Å². The standard InChI is InChI=1S/C31H47N7O12S2/c1-28(2)45-18-11-43-31(23(21(18)47-28)49-30(5,6)50-31)12-51-16-52(40,41)34-10-17-20-22(48-29(3,4)46-20)26(44-17)37-14-32-19-24(37)35-27(33-13-36(7)8)38(15-42-9)25(19)39/h13-14,17-18,20-23,26,34H,10-12,15-16H2,1-9H3/b33-13+/t17-,18-,20-,21-,22-,23+,26-,31+/m1/s1. The average molecular weight is 774 g/mol. The molecular formula is C31H47N7O12S2. The van der Waals surface area contributed by atoms with Gasteiger partial charge >= 0.3 is 0 Å². The molecule has 0 unspecified atom stereocenters. The molecule has 0 bridgehead atoms. The Morgan fingerprint density at radius 2 is 1.77 bits per heavy atom. The summed E-state index contributed by atoms with van der Waals surface area (Å²) in [5.74, 6) is -3.74. The zero-order valence-electron chi connectivity index (χ0n) is 30.6. The first kappa shape index (κ1) is 38.0. The number of fused-ring (bicyclic) bond motifs is 5. The van der Waals surface area contributed by atoms with Crippen molar-refractivity contribution in [2.24, 2.45) is 4.99 Å². The Labute approximate surface area is 305 Å². The third-order valence-electron chi connectivity index (χ3n) is 9.05. The van der Waals surface area contributed by atoms with Crippen LogP contribution in [-0.2, 0) is 59.4 Å². The summed E-state index contributed by atoms with van der Waals surface area (Å²) in [5.41, 5.74) is -0.159. The van der Waals surface area contributed by atoms with E-state index in [1.807, 2.05) is 13.8 Å². The molecule has 0 radical (unpaired) electrons. The number of rotatable bonds is 12. The third kappa shape index (κ3) is 7.27. The first-order valence-electron chi connectivity index (χ1n) is 16.9. The molecule has 290 valence electrons. The van der Waals surface area contributed by atoms with Gasteiger partial charge in [0.15, 0.2) is 34.8 Å². The van der Waals surface area contributed by atoms with E-state index in [1.54, 1.807) is 51.3 Å². The van der Waals surface area contributed by atoms with Gasteiger partial charge in [-0.15, -0.1) is 11.8 Å². The number of ether oxygens (including phenoxy) is 9. The van der Waals surface area contributed by atoms with E-state index in [9.17, 15) is 13.2 Å². The number of hydrogen-bond donors (Lipinski definition) is 1. The van der Waals surface area contributed by atoms with Gasteiger partial charge in [-0.2, -0.15) is 4.98 Å². The van der Waals surface area contributed by atoms with Crippen molar-refractivity contribution in [1.82, 2.24) is 28.7 Å². The van der Waals surface area contributed by atoms with Gasteiger partial charge in [-0.05, 0) is 41.5 Å². The minimum Gasteiger partial charge on any atom is -0.369 e. The van der Waals surface area contributed by atoms with Crippen LogP contribution < -0.4 is 10.3 Å². The van der Waals surface area contributed by atoms with Crippen molar-refractivity contribution >= 4 is 45.2 Å². The fraction of sp³-hybridized carbons (Fsp3) is 0.806. The lowest BCUT2D eigenvalue weighted by Gasteiger charge is -2.40. The van der Waals surface area contributed by atoms with Crippen molar-refractivity contribution in [1.29, 1.82) is 0 Å². The second-order valence-corrected chi connectivity index (χ2v) is 18.1. The minimum atomic E-state index is -3.84. The lowest BCUT2D eigenvalue weighted by molar-refractivity contribution is -0.267. The topological polar surface area (TPSA) is 198 Å². The quantitative estimate of drug-likeness (QED) is 0.235. The van der Waals surface area contributed by atoms with Gasteiger partial charge in [-0.25, -0.2) is 23.1 Å². The SMILES string of the molecule is COCn1c(/N=C/N(C)C)nc2c(ncn2[C@@H]2O[C@H](CNS(=O)(=O)CSC[C@@]34OC[C@H]5OC(C)(C)O[C@H]5[C@@H]3OC(C)(C)O4)[C@H]3OC(C)(C)O[C@H]32)c1=O. The minimum absolute atomic E-state index is 0.0790. The number of sulfonamides is 1. The molecule has 5 aliphatic rings. The van der Waals surface area contributed by atoms with E-state index in [2.05, 4.69) is 19.7 Å². The zero-order chi connectivity index (χ0) is 37.4. The van der Waals surface area contributed by atoms with Crippen molar-refractivity contribution in [2.45, 2.75) is 114 Å². The number of imidazole rings is 1. The summed E-state index contributed by atoms with van der Waals surface area (Å²) in [6.45, 7) is 10.8. The molecule has 21 heteroatoms. The van der Waals surface area contributed by atoms with Crippen LogP contribution in [0.2, 0.25) is 0 Å². The van der Waals surface area contributed by atoms with E-state index in [-0.39, 0.29) is 53.9 Å². The Kier molecular flexibility index (Phi) is 9.85. The highest BCUT2D eigenvalue weighted by atomic mass is 32.3. The summed E-state index contributed by atoms with van der Waals surface area (Å²) < 4.78 is 87.2. The van der Waals surface area contributed by atoms with E-state index in [4.69, 9.17) is 42.6 Å². The molecule has 5 fully saturated rings. The smallest absolute Gasteiger partial charge is 0.285 e. The van der Waals surface area contributed by atoms with Crippen LogP contribution in [0.3, 0.4) is 0 Å². The maximum absolute atomic E-state index is 13.4. The van der Waals surface area contributed by atoms with Crippen molar-refractivity contribution in [3.63, 3.8) is 0 Å². The van der Waals surface area contributed by atoms with Crippen LogP contribution >= 0.6 is 11.8 Å². The third-order valence-corrected chi connectivity index (χ3v) is 12.2. The van der Waals surface area contributed by atoms with E-state index in [1.165, 1.54) is 24.3 Å². The van der Waals surface area contributed by atoms with Crippen LogP contribution in [-0.4, -0.2) is 144 Å². The Balaban J connectivity index is 1.05. The Hall–Kier alpha value is -2.28. The van der Waals surface area contributed by atoms with Gasteiger partial charge < -0.3 is 47.5 Å². The van der Waals surface area contributed by atoms with Gasteiger partial charge in [0.05, 0.1) is 25.0 Å². The normalized spacial score (nSPS) is 34.6. The van der Waals surface area contributed by atoms with E-state index in [0.717, 1.165) is 11.8 Å². The van der Waals surface area contributed by atoms with Crippen LogP contribution in [0.25, 0.3) is 11.2 Å². The highest BCUT2D eigenvalue weighted by molar-refractivity contribution is 8.11. The fourth-order valence-electron chi connectivity index (χ4n) is 7.23. The maximum Gasteiger partial charge on any atom is 0.285 e. The number of hydrogen-bond acceptors (Lipinski definition) is 16. The predicted molar refractivity (Wildman–Crippen MR) is 185 cm³/mol. The van der Waals surface area contributed by atoms with Gasteiger partial charge in [-0.1, -0.05) is 0 Å². The second-order valence-electron chi connectivity index (χ2n) is 15.0. The molecule has 0 saturated carbocycles. The summed E-state index contributed by atoms with van der Waals surface area (Å²) >= 11 is 1.13. The molecule has 5 aliphatic heterocycles. The Morgan fingerprint density at radius 3 is 2.50 bits per heavy atom. The lowest BCUT2D eigenvalue weighted by atomic mass is 9.98. The molecule has 0 aliphatic carbocycles. The van der Waals surface area contributed by atoms with Crippen LogP contribution in [0.15, 0.2) is 16.1 Å². The monoisotopic (exact) mass is 773 g/mol. The summed E-state index contributed by atoms with van der Waals surface area (Å²) in [4.78, 5) is 28.5. The molecule has 2 aromatic heterocycles. The van der Waals surface area contributed by atoms with Crippen molar-refractivity contribution < 1.29 is 51.0 Å². The maximum atomic E-state index is 13.4. The van der Waals surface area contributed by atoms with Crippen molar-refractivity contribution in [3.8, 4) is 0 Å². The van der Waals surface area contributed by atoms with Gasteiger partial charge in [0.2, 0.25) is 21.8 Å². The lowest BCUT2D eigenvalue weighted by Crippen LogP contribution is -2.59. The molecular weight excluding hydrogens is 727 g/mol. The number of aliphatic imine (C=N–C) groups is 1. The highest BCUT2D eigenvalue weighted by Gasteiger charge is 2.65. The molecule has 0 amide bonds. The first-order valence-corrected chi connectivity index (χ1v) is 19.7. The number of aromatic nitrogens is 4. The van der Waals surface area contributed by atoms with E-state index in [0.29, 0.717) is 0 Å². The zero-order valence-corrected chi connectivity index (χ0v) is 32.3. The molecule has 1 N–H and O–H groups in total. The van der Waals surface area contributed by atoms with Crippen LogP contribution in [0.1, 0.15) is 47.8 Å². The molecule has 52 heavy (non-hydrogen) atoms. The predicted octanol–water partition coefficient (Wildman–Crippen LogP) is 0.844. The van der Waals surface area contributed by atoms with Crippen LogP contribution in [0, 0.1) is 0 Å². The average Bonchev–Trinajstić information content (AvgIpc) is 3.81. The fourth-order valence-corrected chi connectivity index (χ4v) is 9.78. The molecule has 5 saturated heterocycles. The number of methoxy groups -OCH3 is 1. The second kappa shape index (κ2) is 13.5. The number of thioether (sulfide) groups is 1. The molecule has 7 rings (SSSR count). The Bertz CT molecular complexity index is 1870. The molecule has 0 spiro atoms. The van der Waals surface area contributed by atoms with Gasteiger partial charge in [-0.3, -0.25) is 13.9 Å². The molecule has 2 aromatic rings. The van der Waals surface area contributed by atoms with Crippen molar-refractivity contribution in [3.05, 3.63) is 16.7 Å². The summed E-state index contributed by atoms with van der Waals surface area (Å²) in [7, 11) is 1.20. The molecule has 19 nitrogen and oxygen atoms in total. The van der Waals surface area contributed by atoms with E-state index < -0.39 is 75.5 Å². The molecule has 8 atom stereocenters.